The number of hydrogen-bond donors (Lipinski definition) is 2. The van der Waals surface area contributed by atoms with Gasteiger partial charge in [-0.2, -0.15) is 0 Å². The van der Waals surface area contributed by atoms with E-state index in [2.05, 4.69) is 5.32 Å². The largest absolute Gasteiger partial charge is 0.389 e. The Kier molecular flexibility index (Phi) is 4.90. The van der Waals surface area contributed by atoms with Crippen molar-refractivity contribution in [3.8, 4) is 0 Å². The summed E-state index contributed by atoms with van der Waals surface area (Å²) in [5.41, 5.74) is 0.466. The number of rotatable bonds is 6. The lowest BCUT2D eigenvalue weighted by molar-refractivity contribution is 0.0561. The third-order valence-corrected chi connectivity index (χ3v) is 2.77. The highest BCUT2D eigenvalue weighted by molar-refractivity contribution is 5.16. The monoisotopic (exact) mass is 225 g/mol. The number of halogens is 1. The van der Waals surface area contributed by atoms with E-state index in [1.54, 1.807) is 12.1 Å². The molecule has 0 aliphatic rings. The van der Waals surface area contributed by atoms with Crippen molar-refractivity contribution in [3.05, 3.63) is 35.6 Å². The third kappa shape index (κ3) is 4.73. The predicted octanol–water partition coefficient (Wildman–Crippen LogP) is 2.12. The fourth-order valence-corrected chi connectivity index (χ4v) is 1.37. The molecule has 16 heavy (non-hydrogen) atoms. The summed E-state index contributed by atoms with van der Waals surface area (Å²) in [5.74, 6) is -0.203. The highest BCUT2D eigenvalue weighted by Gasteiger charge is 2.15. The Balaban J connectivity index is 2.23. The van der Waals surface area contributed by atoms with Crippen LogP contribution in [0.4, 0.5) is 4.39 Å². The average molecular weight is 225 g/mol. The van der Waals surface area contributed by atoms with Gasteiger partial charge < -0.3 is 10.4 Å². The lowest BCUT2D eigenvalue weighted by Gasteiger charge is -2.21. The van der Waals surface area contributed by atoms with Gasteiger partial charge in [0.05, 0.1) is 5.60 Å². The van der Waals surface area contributed by atoms with Crippen molar-refractivity contribution < 1.29 is 9.50 Å². The fraction of sp³-hybridized carbons (Fsp3) is 0.538. The molecule has 0 radical (unpaired) electrons. The minimum absolute atomic E-state index is 0.203. The van der Waals surface area contributed by atoms with E-state index in [4.69, 9.17) is 0 Å². The van der Waals surface area contributed by atoms with Crippen molar-refractivity contribution in [1.29, 1.82) is 0 Å². The van der Waals surface area contributed by atoms with Crippen molar-refractivity contribution in [2.24, 2.45) is 0 Å². The zero-order valence-corrected chi connectivity index (χ0v) is 9.96. The average Bonchev–Trinajstić information content (AvgIpc) is 2.27. The molecule has 0 fully saturated rings. The zero-order chi connectivity index (χ0) is 12.0. The van der Waals surface area contributed by atoms with Crippen LogP contribution in [-0.2, 0) is 6.42 Å². The maximum absolute atomic E-state index is 12.6. The highest BCUT2D eigenvalue weighted by atomic mass is 19.1. The van der Waals surface area contributed by atoms with Crippen LogP contribution in [0.5, 0.6) is 0 Å². The smallest absolute Gasteiger partial charge is 0.123 e. The molecular weight excluding hydrogens is 205 g/mol. The van der Waals surface area contributed by atoms with Crippen molar-refractivity contribution in [2.45, 2.75) is 32.3 Å². The normalized spacial score (nSPS) is 14.8. The molecule has 0 saturated heterocycles. The molecule has 2 nitrogen and oxygen atoms in total. The molecule has 1 rings (SSSR count). The van der Waals surface area contributed by atoms with E-state index in [1.807, 2.05) is 13.8 Å². The van der Waals surface area contributed by atoms with Crippen LogP contribution in [0.25, 0.3) is 0 Å². The van der Waals surface area contributed by atoms with Crippen molar-refractivity contribution in [1.82, 2.24) is 5.32 Å². The number of aliphatic hydroxyl groups is 1. The zero-order valence-electron chi connectivity index (χ0n) is 9.96. The maximum atomic E-state index is 12.6. The fourth-order valence-electron chi connectivity index (χ4n) is 1.37. The summed E-state index contributed by atoms with van der Waals surface area (Å²) in [6.45, 7) is 5.16. The standard InChI is InChI=1S/C13H20FNO/c1-3-13(2,16)10-15-9-8-11-4-6-12(14)7-5-11/h4-7,15-16H,3,8-10H2,1-2H3. The Hall–Kier alpha value is -0.930. The van der Waals surface area contributed by atoms with Gasteiger partial charge in [-0.15, -0.1) is 0 Å². The minimum Gasteiger partial charge on any atom is -0.389 e. The van der Waals surface area contributed by atoms with Crippen LogP contribution >= 0.6 is 0 Å². The first-order valence-corrected chi connectivity index (χ1v) is 5.71. The quantitative estimate of drug-likeness (QED) is 0.727. The van der Waals surface area contributed by atoms with E-state index in [9.17, 15) is 9.50 Å². The van der Waals surface area contributed by atoms with Gasteiger partial charge >= 0.3 is 0 Å². The summed E-state index contributed by atoms with van der Waals surface area (Å²) < 4.78 is 12.6. The summed E-state index contributed by atoms with van der Waals surface area (Å²) in [6.07, 6.45) is 1.58. The Morgan fingerprint density at radius 1 is 1.31 bits per heavy atom. The molecule has 0 aromatic heterocycles. The van der Waals surface area contributed by atoms with Gasteiger partial charge in [-0.3, -0.25) is 0 Å². The van der Waals surface area contributed by atoms with Gasteiger partial charge in [-0.05, 0) is 44.0 Å². The van der Waals surface area contributed by atoms with Crippen LogP contribution in [0, 0.1) is 5.82 Å². The second kappa shape index (κ2) is 5.97. The topological polar surface area (TPSA) is 32.3 Å². The third-order valence-electron chi connectivity index (χ3n) is 2.77. The van der Waals surface area contributed by atoms with E-state index in [0.29, 0.717) is 6.54 Å². The maximum Gasteiger partial charge on any atom is 0.123 e. The number of benzene rings is 1. The molecule has 90 valence electrons. The second-order valence-corrected chi connectivity index (χ2v) is 4.40. The molecule has 0 bridgehead atoms. The second-order valence-electron chi connectivity index (χ2n) is 4.40. The SMILES string of the molecule is CCC(C)(O)CNCCc1ccc(F)cc1. The van der Waals surface area contributed by atoms with E-state index in [-0.39, 0.29) is 5.82 Å². The van der Waals surface area contributed by atoms with Crippen LogP contribution in [0.15, 0.2) is 24.3 Å². The lowest BCUT2D eigenvalue weighted by Crippen LogP contribution is -2.37. The van der Waals surface area contributed by atoms with Gasteiger partial charge in [0.15, 0.2) is 0 Å². The Morgan fingerprint density at radius 2 is 1.94 bits per heavy atom. The van der Waals surface area contributed by atoms with Crippen LogP contribution in [-0.4, -0.2) is 23.8 Å². The van der Waals surface area contributed by atoms with Crippen LogP contribution in [0.3, 0.4) is 0 Å². The Morgan fingerprint density at radius 3 is 2.50 bits per heavy atom. The first kappa shape index (κ1) is 13.1. The van der Waals surface area contributed by atoms with Gasteiger partial charge in [0.25, 0.3) is 0 Å². The number of hydrogen-bond acceptors (Lipinski definition) is 2. The minimum atomic E-state index is -0.636. The summed E-state index contributed by atoms with van der Waals surface area (Å²) in [6, 6.07) is 6.51. The summed E-state index contributed by atoms with van der Waals surface area (Å²) >= 11 is 0. The summed E-state index contributed by atoms with van der Waals surface area (Å²) in [5, 5.41) is 12.9. The Bertz CT molecular complexity index is 308. The molecule has 2 N–H and O–H groups in total. The van der Waals surface area contributed by atoms with Gasteiger partial charge in [0, 0.05) is 6.54 Å². The van der Waals surface area contributed by atoms with E-state index in [1.165, 1.54) is 12.1 Å². The van der Waals surface area contributed by atoms with Crippen molar-refractivity contribution >= 4 is 0 Å². The van der Waals surface area contributed by atoms with Crippen molar-refractivity contribution in [3.63, 3.8) is 0 Å². The highest BCUT2D eigenvalue weighted by Crippen LogP contribution is 2.06. The molecule has 0 aliphatic carbocycles. The number of nitrogens with one attached hydrogen (secondary N) is 1. The molecule has 1 unspecified atom stereocenters. The lowest BCUT2D eigenvalue weighted by atomic mass is 10.0. The molecule has 0 heterocycles. The summed E-state index contributed by atoms with van der Waals surface area (Å²) in [7, 11) is 0. The molecular formula is C13H20FNO. The summed E-state index contributed by atoms with van der Waals surface area (Å²) in [4.78, 5) is 0. The van der Waals surface area contributed by atoms with E-state index >= 15 is 0 Å². The molecule has 3 heteroatoms. The molecule has 1 aromatic rings. The van der Waals surface area contributed by atoms with Crippen molar-refractivity contribution in [2.75, 3.05) is 13.1 Å². The molecule has 0 amide bonds. The molecule has 0 aliphatic heterocycles. The molecule has 1 atom stereocenters. The molecule has 1 aromatic carbocycles. The van der Waals surface area contributed by atoms with Gasteiger partial charge in [-0.1, -0.05) is 19.1 Å². The van der Waals surface area contributed by atoms with Gasteiger partial charge in [0.1, 0.15) is 5.82 Å². The van der Waals surface area contributed by atoms with Crippen LogP contribution < -0.4 is 5.32 Å². The van der Waals surface area contributed by atoms with E-state index < -0.39 is 5.60 Å². The molecule has 0 spiro atoms. The van der Waals surface area contributed by atoms with E-state index in [0.717, 1.165) is 24.9 Å². The van der Waals surface area contributed by atoms with Gasteiger partial charge in [0.2, 0.25) is 0 Å². The first-order chi connectivity index (χ1) is 7.53. The molecule has 0 saturated carbocycles. The van der Waals surface area contributed by atoms with Gasteiger partial charge in [-0.25, -0.2) is 4.39 Å². The Labute approximate surface area is 96.5 Å². The first-order valence-electron chi connectivity index (χ1n) is 5.71. The predicted molar refractivity (Wildman–Crippen MR) is 63.9 cm³/mol. The van der Waals surface area contributed by atoms with Crippen LogP contribution in [0.2, 0.25) is 0 Å². The van der Waals surface area contributed by atoms with Crippen LogP contribution in [0.1, 0.15) is 25.8 Å².